The van der Waals surface area contributed by atoms with E-state index in [1.807, 2.05) is 18.2 Å². The molecule has 2 aliphatic rings. The molecule has 0 saturated carbocycles. The normalized spacial score (nSPS) is 21.8. The number of halogens is 2. The van der Waals surface area contributed by atoms with Crippen molar-refractivity contribution in [3.8, 4) is 0 Å². The highest BCUT2D eigenvalue weighted by atomic mass is 127. The molecule has 0 aromatic heterocycles. The van der Waals surface area contributed by atoms with Gasteiger partial charge in [-0.3, -0.25) is 9.89 Å². The van der Waals surface area contributed by atoms with Crippen molar-refractivity contribution >= 4 is 41.5 Å². The number of aliphatic imine (C=N–C) groups is 1. The lowest BCUT2D eigenvalue weighted by Gasteiger charge is -2.34. The van der Waals surface area contributed by atoms with E-state index in [0.29, 0.717) is 6.54 Å². The minimum Gasteiger partial charge on any atom is -0.379 e. The van der Waals surface area contributed by atoms with Crippen LogP contribution < -0.4 is 10.6 Å². The van der Waals surface area contributed by atoms with Crippen molar-refractivity contribution in [3.63, 3.8) is 0 Å². The van der Waals surface area contributed by atoms with Gasteiger partial charge < -0.3 is 20.1 Å². The van der Waals surface area contributed by atoms with Gasteiger partial charge in [-0.2, -0.15) is 0 Å². The lowest BCUT2D eigenvalue weighted by Crippen LogP contribution is -2.43. The molecular formula is C20H32ClIN4O2. The Morgan fingerprint density at radius 2 is 2.11 bits per heavy atom. The molecule has 2 heterocycles. The predicted molar refractivity (Wildman–Crippen MR) is 125 cm³/mol. The first-order chi connectivity index (χ1) is 13.3. The molecule has 28 heavy (non-hydrogen) atoms. The maximum absolute atomic E-state index is 6.25. The number of nitrogens with one attached hydrogen (secondary N) is 2. The van der Waals surface area contributed by atoms with Crippen LogP contribution in [0.1, 0.15) is 31.4 Å². The van der Waals surface area contributed by atoms with Crippen molar-refractivity contribution in [2.45, 2.75) is 31.9 Å². The lowest BCUT2D eigenvalue weighted by atomic mass is 10.0. The van der Waals surface area contributed by atoms with Gasteiger partial charge in [-0.15, -0.1) is 24.0 Å². The topological polar surface area (TPSA) is 58.1 Å². The zero-order valence-corrected chi connectivity index (χ0v) is 19.6. The van der Waals surface area contributed by atoms with Crippen molar-refractivity contribution in [2.24, 2.45) is 4.99 Å². The molecule has 2 N–H and O–H groups in total. The Bertz CT molecular complexity index is 608. The van der Waals surface area contributed by atoms with Crippen molar-refractivity contribution in [1.82, 2.24) is 15.5 Å². The third-order valence-electron chi connectivity index (χ3n) is 5.01. The van der Waals surface area contributed by atoms with Crippen molar-refractivity contribution in [2.75, 3.05) is 52.5 Å². The second-order valence-corrected chi connectivity index (χ2v) is 7.39. The van der Waals surface area contributed by atoms with Crippen molar-refractivity contribution < 1.29 is 9.47 Å². The van der Waals surface area contributed by atoms with E-state index in [-0.39, 0.29) is 36.1 Å². The lowest BCUT2D eigenvalue weighted by molar-refractivity contribution is 0.0179. The summed E-state index contributed by atoms with van der Waals surface area (Å²) in [5.41, 5.74) is 1.20. The van der Waals surface area contributed by atoms with Gasteiger partial charge in [0.05, 0.1) is 31.9 Å². The fourth-order valence-electron chi connectivity index (χ4n) is 3.57. The van der Waals surface area contributed by atoms with Gasteiger partial charge >= 0.3 is 0 Å². The molecular weight excluding hydrogens is 491 g/mol. The standard InChI is InChI=1S/C20H31ClN4O2.HI/c1-2-22-20(23-14-18-7-4-10-27-18)24-15-19(25-8-11-26-12-9-25)16-5-3-6-17(21)13-16;/h3,5-6,13,18-19H,2,4,7-12,14-15H2,1H3,(H2,22,23,24);1H. The summed E-state index contributed by atoms with van der Waals surface area (Å²) in [6.45, 7) is 8.59. The molecule has 0 radical (unpaired) electrons. The largest absolute Gasteiger partial charge is 0.379 e. The van der Waals surface area contributed by atoms with E-state index in [1.54, 1.807) is 0 Å². The number of rotatable bonds is 7. The molecule has 0 bridgehead atoms. The minimum absolute atomic E-state index is 0. The van der Waals surface area contributed by atoms with Crippen LogP contribution in [-0.4, -0.2) is 69.5 Å². The molecule has 1 aromatic carbocycles. The molecule has 0 aliphatic carbocycles. The molecule has 2 aliphatic heterocycles. The Morgan fingerprint density at radius 3 is 2.79 bits per heavy atom. The van der Waals surface area contributed by atoms with Gasteiger partial charge in [-0.25, -0.2) is 0 Å². The first-order valence-electron chi connectivity index (χ1n) is 9.97. The van der Waals surface area contributed by atoms with Crippen LogP contribution in [0.5, 0.6) is 0 Å². The van der Waals surface area contributed by atoms with Crippen LogP contribution in [0.25, 0.3) is 0 Å². The van der Waals surface area contributed by atoms with Crippen LogP contribution in [0.3, 0.4) is 0 Å². The van der Waals surface area contributed by atoms with Crippen LogP contribution in [0.4, 0.5) is 0 Å². The number of nitrogens with zero attached hydrogens (tertiary/aromatic N) is 2. The van der Waals surface area contributed by atoms with Crippen molar-refractivity contribution in [3.05, 3.63) is 34.9 Å². The van der Waals surface area contributed by atoms with Crippen molar-refractivity contribution in [1.29, 1.82) is 0 Å². The highest BCUT2D eigenvalue weighted by Gasteiger charge is 2.23. The molecule has 3 rings (SSSR count). The van der Waals surface area contributed by atoms with Gasteiger partial charge in [0.15, 0.2) is 5.96 Å². The van der Waals surface area contributed by atoms with Gasteiger partial charge in [0.2, 0.25) is 0 Å². The van der Waals surface area contributed by atoms with Crippen LogP contribution in [0, 0.1) is 0 Å². The third-order valence-corrected chi connectivity index (χ3v) is 5.24. The summed E-state index contributed by atoms with van der Waals surface area (Å²) in [5.74, 6) is 0.841. The summed E-state index contributed by atoms with van der Waals surface area (Å²) in [7, 11) is 0. The highest BCUT2D eigenvalue weighted by molar-refractivity contribution is 14.0. The van der Waals surface area contributed by atoms with Gasteiger partial charge in [0.1, 0.15) is 0 Å². The summed E-state index contributed by atoms with van der Waals surface area (Å²) in [4.78, 5) is 7.30. The summed E-state index contributed by atoms with van der Waals surface area (Å²) in [5, 5.41) is 7.53. The summed E-state index contributed by atoms with van der Waals surface area (Å²) >= 11 is 6.25. The molecule has 2 saturated heterocycles. The molecule has 6 nitrogen and oxygen atoms in total. The number of hydrogen-bond donors (Lipinski definition) is 2. The fourth-order valence-corrected chi connectivity index (χ4v) is 3.77. The SMILES string of the molecule is CCNC(=NCC(c1cccc(Cl)c1)N1CCOCC1)NCC1CCCO1.I. The van der Waals surface area contributed by atoms with Crippen LogP contribution in [-0.2, 0) is 9.47 Å². The molecule has 8 heteroatoms. The smallest absolute Gasteiger partial charge is 0.191 e. The predicted octanol–water partition coefficient (Wildman–Crippen LogP) is 3.07. The Kier molecular flexibility index (Phi) is 10.9. The number of benzene rings is 1. The number of guanidine groups is 1. The van der Waals surface area contributed by atoms with E-state index in [2.05, 4.69) is 28.5 Å². The first-order valence-corrected chi connectivity index (χ1v) is 10.3. The van der Waals surface area contributed by atoms with Gasteiger partial charge in [-0.05, 0) is 37.5 Å². The van der Waals surface area contributed by atoms with Crippen LogP contribution in [0.15, 0.2) is 29.3 Å². The molecule has 1 aromatic rings. The molecule has 0 amide bonds. The van der Waals surface area contributed by atoms with E-state index in [0.717, 1.165) is 69.8 Å². The number of hydrogen-bond acceptors (Lipinski definition) is 4. The zero-order chi connectivity index (χ0) is 18.9. The second kappa shape index (κ2) is 12.8. The number of ether oxygens (including phenoxy) is 2. The van der Waals surface area contributed by atoms with Gasteiger partial charge in [0, 0.05) is 37.8 Å². The highest BCUT2D eigenvalue weighted by Crippen LogP contribution is 2.24. The maximum Gasteiger partial charge on any atom is 0.191 e. The maximum atomic E-state index is 6.25. The van der Waals surface area contributed by atoms with Crippen LogP contribution in [0.2, 0.25) is 5.02 Å². The monoisotopic (exact) mass is 522 g/mol. The third kappa shape index (κ3) is 7.33. The molecule has 2 unspecified atom stereocenters. The van der Waals surface area contributed by atoms with Gasteiger partial charge in [0.25, 0.3) is 0 Å². The first kappa shape index (κ1) is 23.7. The zero-order valence-electron chi connectivity index (χ0n) is 16.5. The summed E-state index contributed by atoms with van der Waals surface area (Å²) < 4.78 is 11.2. The fraction of sp³-hybridized carbons (Fsp3) is 0.650. The summed E-state index contributed by atoms with van der Waals surface area (Å²) in [6.07, 6.45) is 2.55. The molecule has 2 fully saturated rings. The van der Waals surface area contributed by atoms with Gasteiger partial charge in [-0.1, -0.05) is 23.7 Å². The molecule has 0 spiro atoms. The van der Waals surface area contributed by atoms with E-state index < -0.39 is 0 Å². The van der Waals surface area contributed by atoms with E-state index >= 15 is 0 Å². The minimum atomic E-state index is 0. The summed E-state index contributed by atoms with van der Waals surface area (Å²) in [6, 6.07) is 8.29. The quantitative estimate of drug-likeness (QED) is 0.328. The Balaban J connectivity index is 0.00000280. The van der Waals surface area contributed by atoms with E-state index in [9.17, 15) is 0 Å². The second-order valence-electron chi connectivity index (χ2n) is 6.95. The Hall–Kier alpha value is -0.610. The Labute approximate surface area is 190 Å². The Morgan fingerprint density at radius 1 is 1.29 bits per heavy atom. The molecule has 158 valence electrons. The number of morpholine rings is 1. The average molecular weight is 523 g/mol. The van der Waals surface area contributed by atoms with E-state index in [1.165, 1.54) is 5.56 Å². The van der Waals surface area contributed by atoms with E-state index in [4.69, 9.17) is 26.1 Å². The van der Waals surface area contributed by atoms with Crippen LogP contribution >= 0.6 is 35.6 Å². The molecule has 2 atom stereocenters. The average Bonchev–Trinajstić information content (AvgIpc) is 3.21.